The van der Waals surface area contributed by atoms with Crippen molar-refractivity contribution in [2.45, 2.75) is 0 Å². The lowest BCUT2D eigenvalue weighted by molar-refractivity contribution is -0.384. The highest BCUT2D eigenvalue weighted by Gasteiger charge is 2.20. The summed E-state index contributed by atoms with van der Waals surface area (Å²) in [4.78, 5) is 23.4. The topological polar surface area (TPSA) is 134 Å². The third kappa shape index (κ3) is 2.44. The number of hydrogen-bond donors (Lipinski definition) is 2. The van der Waals surface area contributed by atoms with E-state index in [1.54, 1.807) is 0 Å². The van der Waals surface area contributed by atoms with Crippen molar-refractivity contribution in [3.8, 4) is 5.88 Å². The number of rotatable bonds is 2. The van der Waals surface area contributed by atoms with Gasteiger partial charge >= 0.3 is 11.8 Å². The average Bonchev–Trinajstić information content (AvgIpc) is 1.99. The van der Waals surface area contributed by atoms with Crippen LogP contribution in [0.4, 0.5) is 16.3 Å². The fraction of sp³-hybridized carbons (Fsp3) is 0. The minimum absolute atomic E-state index is 0.288. The highest BCUT2D eigenvalue weighted by Crippen LogP contribution is 2.31. The van der Waals surface area contributed by atoms with Crippen LogP contribution in [0.15, 0.2) is 6.07 Å². The minimum Gasteiger partial charge on any atom is -0.391 e. The molecular weight excluding hydrogens is 228 g/mol. The van der Waals surface area contributed by atoms with Gasteiger partial charge in [-0.15, -0.1) is 0 Å². The van der Waals surface area contributed by atoms with Crippen molar-refractivity contribution in [2.24, 2.45) is 5.73 Å². The van der Waals surface area contributed by atoms with Crippen molar-refractivity contribution < 1.29 is 14.5 Å². The highest BCUT2D eigenvalue weighted by molar-refractivity contribution is 6.33. The lowest BCUT2D eigenvalue weighted by atomic mass is 10.4. The third-order valence-electron chi connectivity index (χ3n) is 1.34. The molecule has 0 aromatic carbocycles. The van der Waals surface area contributed by atoms with Gasteiger partial charge in [0.1, 0.15) is 5.02 Å². The van der Waals surface area contributed by atoms with Crippen molar-refractivity contribution in [3.63, 3.8) is 0 Å². The SMILES string of the molecule is NC(=O)Oc1cc(Cl)c([N+](=O)[O-])c(N)n1. The standard InChI is InChI=1S/C6H5ClN4O4/c7-2-1-3(15-6(9)12)10-5(8)4(2)11(13)14/h1H,(H2,8,10)(H2,9,12). The second-order valence-electron chi connectivity index (χ2n) is 2.35. The number of halogens is 1. The Bertz CT molecular complexity index is 412. The van der Waals surface area contributed by atoms with Crippen molar-refractivity contribution in [2.75, 3.05) is 5.73 Å². The summed E-state index contributed by atoms with van der Waals surface area (Å²) in [6.07, 6.45) is -1.12. The van der Waals surface area contributed by atoms with Gasteiger partial charge in [0.25, 0.3) is 0 Å². The van der Waals surface area contributed by atoms with E-state index in [1.165, 1.54) is 0 Å². The largest absolute Gasteiger partial charge is 0.411 e. The summed E-state index contributed by atoms with van der Waals surface area (Å²) in [6.45, 7) is 0. The smallest absolute Gasteiger partial charge is 0.391 e. The highest BCUT2D eigenvalue weighted by atomic mass is 35.5. The Kier molecular flexibility index (Phi) is 2.90. The molecule has 1 amide bonds. The van der Waals surface area contributed by atoms with E-state index in [9.17, 15) is 14.9 Å². The molecule has 15 heavy (non-hydrogen) atoms. The zero-order valence-electron chi connectivity index (χ0n) is 7.14. The molecular formula is C6H5ClN4O4. The molecule has 0 aliphatic heterocycles. The predicted octanol–water partition coefficient (Wildman–Crippen LogP) is 0.683. The number of carbonyl (C=O) groups excluding carboxylic acids is 1. The molecule has 1 aromatic rings. The lowest BCUT2D eigenvalue weighted by Gasteiger charge is -2.02. The van der Waals surface area contributed by atoms with E-state index in [0.717, 1.165) is 6.07 Å². The molecule has 0 saturated heterocycles. The molecule has 0 radical (unpaired) electrons. The van der Waals surface area contributed by atoms with E-state index in [2.05, 4.69) is 9.72 Å². The zero-order chi connectivity index (χ0) is 11.6. The average molecular weight is 233 g/mol. The van der Waals surface area contributed by atoms with Crippen LogP contribution in [0.3, 0.4) is 0 Å². The number of pyridine rings is 1. The van der Waals surface area contributed by atoms with E-state index >= 15 is 0 Å². The van der Waals surface area contributed by atoms with Crippen molar-refractivity contribution in [1.82, 2.24) is 4.98 Å². The van der Waals surface area contributed by atoms with Crippen LogP contribution in [0.2, 0.25) is 5.02 Å². The van der Waals surface area contributed by atoms with E-state index in [4.69, 9.17) is 23.1 Å². The van der Waals surface area contributed by atoms with Gasteiger partial charge in [-0.25, -0.2) is 4.79 Å². The lowest BCUT2D eigenvalue weighted by Crippen LogP contribution is -2.17. The molecule has 8 nitrogen and oxygen atoms in total. The summed E-state index contributed by atoms with van der Waals surface area (Å²) in [7, 11) is 0. The van der Waals surface area contributed by atoms with Crippen LogP contribution in [-0.4, -0.2) is 16.0 Å². The zero-order valence-corrected chi connectivity index (χ0v) is 7.89. The molecule has 0 spiro atoms. The summed E-state index contributed by atoms with van der Waals surface area (Å²) in [6, 6.07) is 0.973. The number of aromatic nitrogens is 1. The Morgan fingerprint density at radius 1 is 1.67 bits per heavy atom. The fourth-order valence-corrected chi connectivity index (χ4v) is 1.10. The van der Waals surface area contributed by atoms with Crippen LogP contribution in [-0.2, 0) is 0 Å². The van der Waals surface area contributed by atoms with E-state index in [1.807, 2.05) is 0 Å². The minimum atomic E-state index is -1.12. The third-order valence-corrected chi connectivity index (χ3v) is 1.63. The van der Waals surface area contributed by atoms with Crippen molar-refractivity contribution in [3.05, 3.63) is 21.2 Å². The first kappa shape index (κ1) is 11.0. The Balaban J connectivity index is 3.19. The number of nitrogens with two attached hydrogens (primary N) is 2. The number of carbonyl (C=O) groups is 1. The molecule has 1 aromatic heterocycles. The van der Waals surface area contributed by atoms with E-state index in [-0.39, 0.29) is 10.9 Å². The molecule has 4 N–H and O–H groups in total. The number of nitro groups is 1. The quantitative estimate of drug-likeness (QED) is 0.569. The Labute approximate surface area is 87.9 Å². The molecule has 0 saturated carbocycles. The number of amides is 1. The van der Waals surface area contributed by atoms with Crippen LogP contribution < -0.4 is 16.2 Å². The molecule has 0 fully saturated rings. The maximum atomic E-state index is 10.4. The number of nitrogen functional groups attached to an aromatic ring is 1. The Morgan fingerprint density at radius 3 is 2.67 bits per heavy atom. The molecule has 1 rings (SSSR count). The van der Waals surface area contributed by atoms with Gasteiger partial charge in [0, 0.05) is 6.07 Å². The van der Waals surface area contributed by atoms with Crippen LogP contribution in [0.1, 0.15) is 0 Å². The van der Waals surface area contributed by atoms with E-state index in [0.29, 0.717) is 0 Å². The second-order valence-corrected chi connectivity index (χ2v) is 2.76. The van der Waals surface area contributed by atoms with E-state index < -0.39 is 22.5 Å². The maximum Gasteiger partial charge on any atom is 0.411 e. The molecule has 80 valence electrons. The second kappa shape index (κ2) is 3.96. The Morgan fingerprint density at radius 2 is 2.27 bits per heavy atom. The van der Waals surface area contributed by atoms with Gasteiger partial charge in [0.2, 0.25) is 11.7 Å². The summed E-state index contributed by atoms with van der Waals surface area (Å²) < 4.78 is 4.35. The molecule has 9 heteroatoms. The number of ether oxygens (including phenoxy) is 1. The van der Waals surface area contributed by atoms with Crippen LogP contribution >= 0.6 is 11.6 Å². The van der Waals surface area contributed by atoms with Crippen molar-refractivity contribution >= 4 is 29.2 Å². The summed E-state index contributed by atoms with van der Waals surface area (Å²) in [5, 5.41) is 10.2. The molecule has 1 heterocycles. The normalized spacial score (nSPS) is 9.67. The summed E-state index contributed by atoms with van der Waals surface area (Å²) in [5.74, 6) is -0.751. The Hall–Kier alpha value is -2.09. The first-order valence-electron chi connectivity index (χ1n) is 3.49. The molecule has 0 atom stereocenters. The van der Waals surface area contributed by atoms with Gasteiger partial charge in [-0.3, -0.25) is 10.1 Å². The number of hydrogen-bond acceptors (Lipinski definition) is 6. The number of primary amides is 1. The molecule has 0 aliphatic carbocycles. The van der Waals surface area contributed by atoms with Crippen LogP contribution in [0.25, 0.3) is 0 Å². The number of nitrogens with zero attached hydrogens (tertiary/aromatic N) is 2. The summed E-state index contributed by atoms with van der Waals surface area (Å²) >= 11 is 5.52. The first-order chi connectivity index (χ1) is 6.91. The van der Waals surface area contributed by atoms with Gasteiger partial charge in [-0.05, 0) is 0 Å². The van der Waals surface area contributed by atoms with Crippen LogP contribution in [0.5, 0.6) is 5.88 Å². The molecule has 0 unspecified atom stereocenters. The van der Waals surface area contributed by atoms with Gasteiger partial charge in [-0.2, -0.15) is 4.98 Å². The first-order valence-corrected chi connectivity index (χ1v) is 3.87. The van der Waals surface area contributed by atoms with Gasteiger partial charge < -0.3 is 16.2 Å². The molecule has 0 bridgehead atoms. The predicted molar refractivity (Wildman–Crippen MR) is 50.5 cm³/mol. The molecule has 0 aliphatic rings. The van der Waals surface area contributed by atoms with Gasteiger partial charge in [0.05, 0.1) is 4.92 Å². The van der Waals surface area contributed by atoms with Crippen molar-refractivity contribution in [1.29, 1.82) is 0 Å². The number of anilines is 1. The van der Waals surface area contributed by atoms with Gasteiger partial charge in [-0.1, -0.05) is 11.6 Å². The monoisotopic (exact) mass is 232 g/mol. The summed E-state index contributed by atoms with van der Waals surface area (Å²) in [5.41, 5.74) is 9.39. The van der Waals surface area contributed by atoms with Crippen LogP contribution in [0, 0.1) is 10.1 Å². The maximum absolute atomic E-state index is 10.4. The fourth-order valence-electron chi connectivity index (χ4n) is 0.839. The van der Waals surface area contributed by atoms with Gasteiger partial charge in [0.15, 0.2) is 0 Å².